The minimum atomic E-state index is -1.75. The molecule has 0 atom stereocenters. The molecule has 0 spiro atoms. The SMILES string of the molecule is O=[N+]([O-])[O-].O=[N+]([O-])c1ccc2c(c1)c1ncncc1n2Cl.[Na+]. The van der Waals surface area contributed by atoms with Crippen LogP contribution >= 0.6 is 11.8 Å². The summed E-state index contributed by atoms with van der Waals surface area (Å²) in [5.41, 5.74) is 1.92. The fourth-order valence-corrected chi connectivity index (χ4v) is 2.07. The van der Waals surface area contributed by atoms with Crippen LogP contribution in [0.1, 0.15) is 0 Å². The number of aromatic nitrogens is 3. The average Bonchev–Trinajstić information content (AvgIpc) is 2.72. The van der Waals surface area contributed by atoms with Crippen LogP contribution in [0.15, 0.2) is 30.7 Å². The summed E-state index contributed by atoms with van der Waals surface area (Å²) < 4.78 is 1.40. The van der Waals surface area contributed by atoms with Gasteiger partial charge in [0.25, 0.3) is 5.69 Å². The van der Waals surface area contributed by atoms with Gasteiger partial charge in [-0.15, -0.1) is 0 Å². The second-order valence-electron chi connectivity index (χ2n) is 3.72. The molecule has 0 aliphatic heterocycles. The molecule has 108 valence electrons. The van der Waals surface area contributed by atoms with E-state index in [4.69, 9.17) is 27.1 Å². The number of rotatable bonds is 1. The Morgan fingerprint density at radius 3 is 2.36 bits per heavy atom. The maximum atomic E-state index is 10.7. The summed E-state index contributed by atoms with van der Waals surface area (Å²) in [6.07, 6.45) is 2.96. The summed E-state index contributed by atoms with van der Waals surface area (Å²) in [6, 6.07) is 4.47. The molecule has 1 aromatic carbocycles. The Kier molecular flexibility index (Phi) is 6.00. The Balaban J connectivity index is 0.000000436. The van der Waals surface area contributed by atoms with Crippen molar-refractivity contribution in [1.82, 2.24) is 14.1 Å². The topological polar surface area (TPSA) is 140 Å². The molecule has 0 saturated heterocycles. The van der Waals surface area contributed by atoms with Crippen LogP contribution in [0.25, 0.3) is 21.9 Å². The van der Waals surface area contributed by atoms with Crippen LogP contribution in [0.4, 0.5) is 5.69 Å². The third-order valence-electron chi connectivity index (χ3n) is 2.56. The quantitative estimate of drug-likeness (QED) is 0.324. The number of nitrogens with zero attached hydrogens (tertiary/aromatic N) is 5. The molecular weight excluding hydrogens is 329 g/mol. The number of non-ortho nitro benzene ring substituents is 1. The Labute approximate surface area is 149 Å². The predicted molar refractivity (Wildman–Crippen MR) is 73.3 cm³/mol. The van der Waals surface area contributed by atoms with E-state index in [0.717, 1.165) is 0 Å². The van der Waals surface area contributed by atoms with Gasteiger partial charge in [0.1, 0.15) is 17.4 Å². The summed E-state index contributed by atoms with van der Waals surface area (Å²) in [4.78, 5) is 26.5. The molecule has 0 saturated carbocycles. The summed E-state index contributed by atoms with van der Waals surface area (Å²) in [5.74, 6) is 0. The van der Waals surface area contributed by atoms with E-state index < -0.39 is 10.0 Å². The molecule has 3 aromatic rings. The molecule has 22 heavy (non-hydrogen) atoms. The second kappa shape index (κ2) is 7.31. The molecule has 0 aliphatic rings. The van der Waals surface area contributed by atoms with Crippen molar-refractivity contribution >= 4 is 39.4 Å². The van der Waals surface area contributed by atoms with Crippen molar-refractivity contribution in [3.63, 3.8) is 0 Å². The van der Waals surface area contributed by atoms with Crippen molar-refractivity contribution in [1.29, 1.82) is 0 Å². The zero-order valence-electron chi connectivity index (χ0n) is 11.0. The number of hydrogen-bond donors (Lipinski definition) is 0. The first-order valence-corrected chi connectivity index (χ1v) is 5.62. The van der Waals surface area contributed by atoms with Crippen molar-refractivity contribution in [3.05, 3.63) is 56.2 Å². The number of hydrogen-bond acceptors (Lipinski definition) is 7. The van der Waals surface area contributed by atoms with Gasteiger partial charge in [0.05, 0.1) is 21.7 Å². The number of fused-ring (bicyclic) bond motifs is 3. The molecule has 0 bridgehead atoms. The van der Waals surface area contributed by atoms with Gasteiger partial charge >= 0.3 is 29.6 Å². The van der Waals surface area contributed by atoms with Gasteiger partial charge in [-0.2, -0.15) is 0 Å². The molecule has 3 rings (SSSR count). The Morgan fingerprint density at radius 1 is 1.14 bits per heavy atom. The van der Waals surface area contributed by atoms with Crippen molar-refractivity contribution < 1.29 is 39.6 Å². The molecule has 0 amide bonds. The first-order valence-electron chi connectivity index (χ1n) is 5.28. The van der Waals surface area contributed by atoms with E-state index in [9.17, 15) is 10.1 Å². The predicted octanol–water partition coefficient (Wildman–Crippen LogP) is -0.741. The molecule has 2 aromatic heterocycles. The molecule has 0 fully saturated rings. The third kappa shape index (κ3) is 3.60. The fraction of sp³-hybridized carbons (Fsp3) is 0. The largest absolute Gasteiger partial charge is 1.00 e. The molecule has 0 unspecified atom stereocenters. The van der Waals surface area contributed by atoms with Crippen LogP contribution in [0, 0.1) is 25.4 Å². The Hall–Kier alpha value is -2.01. The first kappa shape index (κ1) is 18.0. The molecule has 2 heterocycles. The summed E-state index contributed by atoms with van der Waals surface area (Å²) in [7, 11) is 0. The molecular formula is C10H5ClN5NaO5. The van der Waals surface area contributed by atoms with Crippen molar-refractivity contribution in [2.24, 2.45) is 0 Å². The van der Waals surface area contributed by atoms with E-state index in [2.05, 4.69) is 9.97 Å². The molecule has 0 N–H and O–H groups in total. The van der Waals surface area contributed by atoms with Gasteiger partial charge in [-0.3, -0.25) is 10.1 Å². The zero-order chi connectivity index (χ0) is 15.6. The number of nitro benzene ring substituents is 1. The van der Waals surface area contributed by atoms with Crippen LogP contribution in [0.3, 0.4) is 0 Å². The van der Waals surface area contributed by atoms with E-state index in [1.807, 2.05) is 0 Å². The standard InChI is InChI=1S/C10H5ClN4O2.NO3.Na/c11-14-8-2-1-6(15(16)17)3-7(8)10-9(14)4-12-5-13-10;2-1(3)4;/h1-5H;;/q;-1;+1. The molecule has 10 nitrogen and oxygen atoms in total. The van der Waals surface area contributed by atoms with E-state index in [-0.39, 0.29) is 35.2 Å². The second-order valence-corrected chi connectivity index (χ2v) is 4.06. The Bertz CT molecular complexity index is 850. The monoisotopic (exact) mass is 333 g/mol. The molecule has 0 aliphatic carbocycles. The van der Waals surface area contributed by atoms with Gasteiger partial charge in [-0.1, -0.05) is 0 Å². The molecule has 12 heteroatoms. The van der Waals surface area contributed by atoms with Crippen LogP contribution in [0.2, 0.25) is 0 Å². The van der Waals surface area contributed by atoms with Gasteiger partial charge in [-0.05, 0) is 6.07 Å². The van der Waals surface area contributed by atoms with Crippen LogP contribution < -0.4 is 29.6 Å². The minimum absolute atomic E-state index is 0. The van der Waals surface area contributed by atoms with Crippen LogP contribution in [0.5, 0.6) is 0 Å². The number of nitro groups is 1. The van der Waals surface area contributed by atoms with E-state index in [0.29, 0.717) is 21.9 Å². The summed E-state index contributed by atoms with van der Waals surface area (Å²) >= 11 is 6.09. The van der Waals surface area contributed by atoms with Crippen LogP contribution in [-0.4, -0.2) is 24.1 Å². The van der Waals surface area contributed by atoms with Crippen LogP contribution in [-0.2, 0) is 0 Å². The van der Waals surface area contributed by atoms with Gasteiger partial charge in [0.2, 0.25) is 0 Å². The van der Waals surface area contributed by atoms with Crippen molar-refractivity contribution in [2.45, 2.75) is 0 Å². The van der Waals surface area contributed by atoms with Gasteiger partial charge < -0.3 is 15.3 Å². The normalized spacial score (nSPS) is 9.68. The van der Waals surface area contributed by atoms with Gasteiger partial charge in [0.15, 0.2) is 0 Å². The van der Waals surface area contributed by atoms with Crippen molar-refractivity contribution in [3.8, 4) is 0 Å². The van der Waals surface area contributed by atoms with E-state index in [1.54, 1.807) is 12.3 Å². The fourth-order valence-electron chi connectivity index (χ4n) is 1.80. The maximum absolute atomic E-state index is 10.7. The summed E-state index contributed by atoms with van der Waals surface area (Å²) in [5, 5.41) is 26.1. The molecule has 0 radical (unpaired) electrons. The number of benzene rings is 1. The van der Waals surface area contributed by atoms with E-state index >= 15 is 0 Å². The van der Waals surface area contributed by atoms with E-state index in [1.165, 1.54) is 22.5 Å². The summed E-state index contributed by atoms with van der Waals surface area (Å²) in [6.45, 7) is 0. The Morgan fingerprint density at radius 2 is 1.77 bits per heavy atom. The van der Waals surface area contributed by atoms with Crippen molar-refractivity contribution in [2.75, 3.05) is 0 Å². The smallest absolute Gasteiger partial charge is 0.356 e. The third-order valence-corrected chi connectivity index (χ3v) is 2.93. The van der Waals surface area contributed by atoms with Gasteiger partial charge in [-0.25, -0.2) is 14.1 Å². The number of halogens is 1. The first-order chi connectivity index (χ1) is 9.91. The van der Waals surface area contributed by atoms with Gasteiger partial charge in [0, 0.05) is 29.3 Å². The zero-order valence-corrected chi connectivity index (χ0v) is 13.8. The average molecular weight is 334 g/mol. The minimum Gasteiger partial charge on any atom is -0.356 e. The maximum Gasteiger partial charge on any atom is 1.00 e.